The number of rotatable bonds is 5. The lowest BCUT2D eigenvalue weighted by Crippen LogP contribution is -2.31. The average Bonchev–Trinajstić information content (AvgIpc) is 2.25. The van der Waals surface area contributed by atoms with E-state index in [1.54, 1.807) is 11.8 Å². The quantitative estimate of drug-likeness (QED) is 0.623. The van der Waals surface area contributed by atoms with E-state index in [9.17, 15) is 0 Å². The number of thioether (sulfide) groups is 1. The summed E-state index contributed by atoms with van der Waals surface area (Å²) >= 11 is 1.57. The first kappa shape index (κ1) is 12.5. The summed E-state index contributed by atoms with van der Waals surface area (Å²) in [6, 6.07) is 2.47. The van der Waals surface area contributed by atoms with Crippen molar-refractivity contribution in [2.45, 2.75) is 37.4 Å². The Morgan fingerprint density at radius 1 is 1.35 bits per heavy atom. The van der Waals surface area contributed by atoms with Gasteiger partial charge in [-0.05, 0) is 31.9 Å². The Bertz CT molecular complexity index is 357. The predicted molar refractivity (Wildman–Crippen MR) is 73.8 cm³/mol. The molecule has 0 aliphatic heterocycles. The summed E-state index contributed by atoms with van der Waals surface area (Å²) in [5.41, 5.74) is 0. The number of anilines is 2. The van der Waals surface area contributed by atoms with Crippen LogP contribution < -0.4 is 10.6 Å². The molecule has 94 valence electrons. The van der Waals surface area contributed by atoms with Gasteiger partial charge in [-0.3, -0.25) is 0 Å². The molecule has 2 N–H and O–H groups in total. The molecule has 0 aromatic carbocycles. The summed E-state index contributed by atoms with van der Waals surface area (Å²) in [5.74, 6) is 2.60. The predicted octanol–water partition coefficient (Wildman–Crippen LogP) is 2.84. The first-order valence-electron chi connectivity index (χ1n) is 6.10. The summed E-state index contributed by atoms with van der Waals surface area (Å²) in [6.45, 7) is 2.24. The zero-order valence-corrected chi connectivity index (χ0v) is 11.5. The van der Waals surface area contributed by atoms with Crippen molar-refractivity contribution in [3.05, 3.63) is 6.07 Å². The number of nitrogens with one attached hydrogen (secondary N) is 2. The Morgan fingerprint density at radius 2 is 2.06 bits per heavy atom. The maximum atomic E-state index is 4.48. The van der Waals surface area contributed by atoms with E-state index in [1.807, 2.05) is 19.4 Å². The highest BCUT2D eigenvalue weighted by Crippen LogP contribution is 2.31. The van der Waals surface area contributed by atoms with Gasteiger partial charge in [0.2, 0.25) is 0 Å². The van der Waals surface area contributed by atoms with Gasteiger partial charge in [0.1, 0.15) is 11.6 Å². The zero-order chi connectivity index (χ0) is 12.3. The van der Waals surface area contributed by atoms with E-state index in [0.29, 0.717) is 6.04 Å². The highest BCUT2D eigenvalue weighted by molar-refractivity contribution is 7.98. The fourth-order valence-corrected chi connectivity index (χ4v) is 2.39. The van der Waals surface area contributed by atoms with Crippen LogP contribution in [-0.4, -0.2) is 29.3 Å². The van der Waals surface area contributed by atoms with Crippen LogP contribution in [0.5, 0.6) is 0 Å². The van der Waals surface area contributed by atoms with Gasteiger partial charge >= 0.3 is 0 Å². The molecule has 0 spiro atoms. The first-order chi connectivity index (χ1) is 8.22. The van der Waals surface area contributed by atoms with Crippen molar-refractivity contribution in [3.8, 4) is 0 Å². The van der Waals surface area contributed by atoms with Gasteiger partial charge < -0.3 is 10.6 Å². The molecule has 1 aromatic rings. The number of nitrogens with zero attached hydrogens (tertiary/aromatic N) is 2. The summed E-state index contributed by atoms with van der Waals surface area (Å²) in [6.07, 6.45) is 6.05. The fraction of sp³-hybridized carbons (Fsp3) is 0.667. The molecule has 1 aliphatic rings. The second-order valence-electron chi connectivity index (χ2n) is 4.50. The Morgan fingerprint density at radius 3 is 2.59 bits per heavy atom. The third-order valence-electron chi connectivity index (χ3n) is 3.38. The summed E-state index contributed by atoms with van der Waals surface area (Å²) in [4.78, 5) is 8.84. The molecular weight excluding hydrogens is 232 g/mol. The summed E-state index contributed by atoms with van der Waals surface area (Å²) < 4.78 is 0. The van der Waals surface area contributed by atoms with Crippen LogP contribution in [0.4, 0.5) is 11.6 Å². The first-order valence-corrected chi connectivity index (χ1v) is 7.32. The van der Waals surface area contributed by atoms with E-state index < -0.39 is 0 Å². The Balaban J connectivity index is 2.07. The highest BCUT2D eigenvalue weighted by atomic mass is 32.2. The van der Waals surface area contributed by atoms with E-state index >= 15 is 0 Å². The van der Waals surface area contributed by atoms with Crippen molar-refractivity contribution in [3.63, 3.8) is 0 Å². The molecule has 1 atom stereocenters. The fourth-order valence-electron chi connectivity index (χ4n) is 2.01. The van der Waals surface area contributed by atoms with Crippen LogP contribution in [0.25, 0.3) is 0 Å². The van der Waals surface area contributed by atoms with Crippen LogP contribution in [0.1, 0.15) is 26.2 Å². The topological polar surface area (TPSA) is 49.8 Å². The number of aromatic nitrogens is 2. The lowest BCUT2D eigenvalue weighted by molar-refractivity contribution is 0.285. The molecule has 0 amide bonds. The van der Waals surface area contributed by atoms with Crippen LogP contribution in [0, 0.1) is 5.92 Å². The van der Waals surface area contributed by atoms with Gasteiger partial charge in [0.05, 0.1) is 0 Å². The summed E-state index contributed by atoms with van der Waals surface area (Å²) in [5, 5.41) is 7.36. The standard InChI is InChI=1S/C12H20N4S/c1-8(9-5-4-6-9)14-11-7-10(13-2)15-12(16-11)17-3/h7-9H,4-6H2,1-3H3,(H2,13,14,15,16). The minimum absolute atomic E-state index is 0.498. The Labute approximate surface area is 107 Å². The molecule has 0 radical (unpaired) electrons. The van der Waals surface area contributed by atoms with Gasteiger partial charge in [-0.1, -0.05) is 18.2 Å². The van der Waals surface area contributed by atoms with Crippen molar-refractivity contribution in [1.29, 1.82) is 0 Å². The van der Waals surface area contributed by atoms with Gasteiger partial charge in [0.25, 0.3) is 0 Å². The van der Waals surface area contributed by atoms with Crippen LogP contribution in [-0.2, 0) is 0 Å². The minimum Gasteiger partial charge on any atom is -0.373 e. The van der Waals surface area contributed by atoms with Gasteiger partial charge in [-0.15, -0.1) is 0 Å². The van der Waals surface area contributed by atoms with Crippen molar-refractivity contribution >= 4 is 23.4 Å². The molecule has 0 saturated heterocycles. The molecule has 1 heterocycles. The third kappa shape index (κ3) is 3.03. The number of hydrogen-bond acceptors (Lipinski definition) is 5. The normalized spacial score (nSPS) is 17.4. The molecular formula is C12H20N4S. The Hall–Kier alpha value is -0.970. The van der Waals surface area contributed by atoms with Crippen LogP contribution in [0.3, 0.4) is 0 Å². The van der Waals surface area contributed by atoms with Crippen LogP contribution in [0.15, 0.2) is 11.2 Å². The molecule has 5 heteroatoms. The molecule has 0 bridgehead atoms. The van der Waals surface area contributed by atoms with E-state index in [-0.39, 0.29) is 0 Å². The molecule has 1 aromatic heterocycles. The summed E-state index contributed by atoms with van der Waals surface area (Å²) in [7, 11) is 1.88. The maximum absolute atomic E-state index is 4.48. The van der Waals surface area contributed by atoms with E-state index in [0.717, 1.165) is 22.7 Å². The van der Waals surface area contributed by atoms with E-state index in [1.165, 1.54) is 19.3 Å². The highest BCUT2D eigenvalue weighted by Gasteiger charge is 2.24. The zero-order valence-electron chi connectivity index (χ0n) is 10.7. The second kappa shape index (κ2) is 5.58. The molecule has 1 fully saturated rings. The molecule has 2 rings (SSSR count). The van der Waals surface area contributed by atoms with Crippen molar-refractivity contribution in [2.75, 3.05) is 23.9 Å². The smallest absolute Gasteiger partial charge is 0.191 e. The third-order valence-corrected chi connectivity index (χ3v) is 3.92. The molecule has 4 nitrogen and oxygen atoms in total. The SMILES string of the molecule is CNc1cc(NC(C)C2CCC2)nc(SC)n1. The van der Waals surface area contributed by atoms with Gasteiger partial charge in [-0.2, -0.15) is 0 Å². The number of hydrogen-bond donors (Lipinski definition) is 2. The minimum atomic E-state index is 0.498. The van der Waals surface area contributed by atoms with Crippen LogP contribution >= 0.6 is 11.8 Å². The monoisotopic (exact) mass is 252 g/mol. The van der Waals surface area contributed by atoms with E-state index in [2.05, 4.69) is 27.5 Å². The van der Waals surface area contributed by atoms with Crippen molar-refractivity contribution in [1.82, 2.24) is 9.97 Å². The van der Waals surface area contributed by atoms with Crippen LogP contribution in [0.2, 0.25) is 0 Å². The van der Waals surface area contributed by atoms with Gasteiger partial charge in [-0.25, -0.2) is 9.97 Å². The maximum Gasteiger partial charge on any atom is 0.191 e. The van der Waals surface area contributed by atoms with Gasteiger partial charge in [0.15, 0.2) is 5.16 Å². The molecule has 1 aliphatic carbocycles. The average molecular weight is 252 g/mol. The van der Waals surface area contributed by atoms with Gasteiger partial charge in [0, 0.05) is 19.2 Å². The van der Waals surface area contributed by atoms with Crippen molar-refractivity contribution < 1.29 is 0 Å². The largest absolute Gasteiger partial charge is 0.373 e. The molecule has 1 unspecified atom stereocenters. The lowest BCUT2D eigenvalue weighted by Gasteiger charge is -2.32. The second-order valence-corrected chi connectivity index (χ2v) is 5.27. The molecule has 17 heavy (non-hydrogen) atoms. The van der Waals surface area contributed by atoms with E-state index in [4.69, 9.17) is 0 Å². The Kier molecular flexibility index (Phi) is 4.10. The molecule has 1 saturated carbocycles. The van der Waals surface area contributed by atoms with Crippen molar-refractivity contribution in [2.24, 2.45) is 5.92 Å². The lowest BCUT2D eigenvalue weighted by atomic mass is 9.80.